The van der Waals surface area contributed by atoms with Crippen molar-refractivity contribution in [2.75, 3.05) is 26.2 Å². The van der Waals surface area contributed by atoms with Gasteiger partial charge < -0.3 is 34.9 Å². The summed E-state index contributed by atoms with van der Waals surface area (Å²) in [5, 5.41) is 5.17. The van der Waals surface area contributed by atoms with Gasteiger partial charge in [-0.1, -0.05) is 66.7 Å². The van der Waals surface area contributed by atoms with Gasteiger partial charge in [0.25, 0.3) is 0 Å². The summed E-state index contributed by atoms with van der Waals surface area (Å²) in [5.41, 5.74) is 9.05. The van der Waals surface area contributed by atoms with Crippen molar-refractivity contribution in [2.24, 2.45) is 5.73 Å². The number of fused-ring (bicyclic) bond motifs is 1. The van der Waals surface area contributed by atoms with Gasteiger partial charge in [-0.05, 0) is 63.9 Å². The van der Waals surface area contributed by atoms with Gasteiger partial charge in [0.2, 0.25) is 17.6 Å². The lowest BCUT2D eigenvalue weighted by Gasteiger charge is -2.26. The second-order valence-corrected chi connectivity index (χ2v) is 10.8. The van der Waals surface area contributed by atoms with Crippen molar-refractivity contribution in [2.45, 2.75) is 32.5 Å². The molecule has 0 atom stereocenters. The SMILES string of the molecule is COc1cc(CN(C(=O)CCC(=O)NCc2cccc3ccccc23)c2ccccc2Oc2cccc(CN)c2)cc(OC)c1OC. The molecule has 0 aliphatic carbocycles. The minimum atomic E-state index is -0.258. The van der Waals surface area contributed by atoms with E-state index in [-0.39, 0.29) is 31.2 Å². The van der Waals surface area contributed by atoms with Crippen LogP contribution in [0.2, 0.25) is 0 Å². The number of methoxy groups -OCH3 is 3. The summed E-state index contributed by atoms with van der Waals surface area (Å²) in [4.78, 5) is 28.7. The maximum atomic E-state index is 14.0. The van der Waals surface area contributed by atoms with Gasteiger partial charge in [-0.2, -0.15) is 0 Å². The van der Waals surface area contributed by atoms with E-state index in [1.54, 1.807) is 37.3 Å². The molecule has 0 fully saturated rings. The van der Waals surface area contributed by atoms with Gasteiger partial charge in [0, 0.05) is 25.9 Å². The predicted octanol–water partition coefficient (Wildman–Crippen LogP) is 6.75. The number of para-hydroxylation sites is 2. The minimum absolute atomic E-state index is 0.0108. The molecule has 0 saturated heterocycles. The number of amides is 2. The van der Waals surface area contributed by atoms with E-state index in [0.29, 0.717) is 47.5 Å². The van der Waals surface area contributed by atoms with E-state index in [2.05, 4.69) is 5.32 Å². The highest BCUT2D eigenvalue weighted by atomic mass is 16.5. The molecule has 0 bridgehead atoms. The van der Waals surface area contributed by atoms with E-state index in [1.165, 1.54) is 7.11 Å². The van der Waals surface area contributed by atoms with E-state index in [0.717, 1.165) is 27.5 Å². The third-order valence-corrected chi connectivity index (χ3v) is 7.81. The molecule has 0 radical (unpaired) electrons. The lowest BCUT2D eigenvalue weighted by atomic mass is 10.0. The molecular weight excluding hydrogens is 594 g/mol. The molecule has 0 saturated carbocycles. The molecule has 242 valence electrons. The summed E-state index contributed by atoms with van der Waals surface area (Å²) < 4.78 is 22.9. The Hall–Kier alpha value is -5.54. The van der Waals surface area contributed by atoms with Crippen LogP contribution in [-0.4, -0.2) is 33.1 Å². The molecule has 5 aromatic rings. The average molecular weight is 634 g/mol. The van der Waals surface area contributed by atoms with Crippen molar-refractivity contribution in [3.05, 3.63) is 120 Å². The second-order valence-electron chi connectivity index (χ2n) is 10.8. The summed E-state index contributed by atoms with van der Waals surface area (Å²) in [5.74, 6) is 1.96. The number of hydrogen-bond acceptors (Lipinski definition) is 7. The number of nitrogens with one attached hydrogen (secondary N) is 1. The van der Waals surface area contributed by atoms with Crippen LogP contribution in [0.3, 0.4) is 0 Å². The first-order valence-corrected chi connectivity index (χ1v) is 15.3. The molecule has 5 rings (SSSR count). The highest BCUT2D eigenvalue weighted by Crippen LogP contribution is 2.40. The molecule has 0 aliphatic rings. The van der Waals surface area contributed by atoms with Crippen LogP contribution in [-0.2, 0) is 29.2 Å². The van der Waals surface area contributed by atoms with E-state index < -0.39 is 0 Å². The summed E-state index contributed by atoms with van der Waals surface area (Å²) in [6.45, 7) is 0.881. The van der Waals surface area contributed by atoms with Gasteiger partial charge in [0.1, 0.15) is 5.75 Å². The molecule has 0 aromatic heterocycles. The van der Waals surface area contributed by atoms with Crippen LogP contribution in [0.4, 0.5) is 5.69 Å². The number of nitrogens with two attached hydrogens (primary N) is 1. The summed E-state index contributed by atoms with van der Waals surface area (Å²) in [7, 11) is 4.62. The summed E-state index contributed by atoms with van der Waals surface area (Å²) in [6, 6.07) is 32.4. The van der Waals surface area contributed by atoms with Crippen molar-refractivity contribution in [1.82, 2.24) is 5.32 Å². The standard InChI is InChI=1S/C38H39N3O6/c1-44-34-21-27(22-35(45-2)38(34)46-3)25-41(32-16-6-7-17-33(32)47-30-14-8-10-26(20-30)23-39)37(43)19-18-36(42)40-24-29-13-9-12-28-11-4-5-15-31(28)29/h4-17,20-22H,18-19,23-25,39H2,1-3H3,(H,40,42). The molecule has 0 spiro atoms. The number of hydrogen-bond donors (Lipinski definition) is 2. The van der Waals surface area contributed by atoms with Gasteiger partial charge in [-0.3, -0.25) is 9.59 Å². The van der Waals surface area contributed by atoms with Crippen molar-refractivity contribution in [1.29, 1.82) is 0 Å². The summed E-state index contributed by atoms with van der Waals surface area (Å²) >= 11 is 0. The van der Waals surface area contributed by atoms with E-state index >= 15 is 0 Å². The molecule has 3 N–H and O–H groups in total. The Morgan fingerprint density at radius 2 is 1.43 bits per heavy atom. The van der Waals surface area contributed by atoms with Crippen molar-refractivity contribution >= 4 is 28.3 Å². The Labute approximate surface area is 274 Å². The first-order valence-electron chi connectivity index (χ1n) is 15.3. The number of carbonyl (C=O) groups is 2. The third-order valence-electron chi connectivity index (χ3n) is 7.81. The Morgan fingerprint density at radius 3 is 2.17 bits per heavy atom. The van der Waals surface area contributed by atoms with E-state index in [9.17, 15) is 9.59 Å². The molecule has 47 heavy (non-hydrogen) atoms. The molecule has 2 amide bonds. The van der Waals surface area contributed by atoms with Gasteiger partial charge in [0.15, 0.2) is 17.2 Å². The van der Waals surface area contributed by atoms with Crippen LogP contribution in [0, 0.1) is 0 Å². The second kappa shape index (κ2) is 15.6. The zero-order valence-corrected chi connectivity index (χ0v) is 26.8. The molecule has 0 aliphatic heterocycles. The van der Waals surface area contributed by atoms with Crippen LogP contribution < -0.4 is 34.9 Å². The topological polar surface area (TPSA) is 112 Å². The largest absolute Gasteiger partial charge is 0.493 e. The zero-order chi connectivity index (χ0) is 33.2. The van der Waals surface area contributed by atoms with Gasteiger partial charge in [-0.25, -0.2) is 0 Å². The molecule has 5 aromatic carbocycles. The number of nitrogens with zero attached hydrogens (tertiary/aromatic N) is 1. The maximum Gasteiger partial charge on any atom is 0.227 e. The molecule has 9 nitrogen and oxygen atoms in total. The predicted molar refractivity (Wildman–Crippen MR) is 183 cm³/mol. The van der Waals surface area contributed by atoms with Gasteiger partial charge in [0.05, 0.1) is 33.6 Å². The van der Waals surface area contributed by atoms with Gasteiger partial charge in [-0.15, -0.1) is 0 Å². The highest BCUT2D eigenvalue weighted by molar-refractivity contribution is 5.97. The summed E-state index contributed by atoms with van der Waals surface area (Å²) in [6.07, 6.45) is -0.0142. The van der Waals surface area contributed by atoms with Crippen LogP contribution in [0.15, 0.2) is 103 Å². The van der Waals surface area contributed by atoms with E-state index in [4.69, 9.17) is 24.7 Å². The fraction of sp³-hybridized carbons (Fsp3) is 0.211. The number of rotatable bonds is 14. The third kappa shape index (κ3) is 8.01. The van der Waals surface area contributed by atoms with Crippen LogP contribution in [0.5, 0.6) is 28.7 Å². The molecule has 0 unspecified atom stereocenters. The zero-order valence-electron chi connectivity index (χ0n) is 26.8. The smallest absolute Gasteiger partial charge is 0.227 e. The first-order chi connectivity index (χ1) is 22.9. The lowest BCUT2D eigenvalue weighted by molar-refractivity contribution is -0.125. The molecule has 9 heteroatoms. The maximum absolute atomic E-state index is 14.0. The number of benzene rings is 5. The fourth-order valence-electron chi connectivity index (χ4n) is 5.43. The Balaban J connectivity index is 1.39. The Kier molecular flexibility index (Phi) is 10.9. The number of carbonyl (C=O) groups excluding carboxylic acids is 2. The van der Waals surface area contributed by atoms with Gasteiger partial charge >= 0.3 is 0 Å². The molecular formula is C38H39N3O6. The van der Waals surface area contributed by atoms with Crippen molar-refractivity contribution in [3.63, 3.8) is 0 Å². The number of anilines is 1. The minimum Gasteiger partial charge on any atom is -0.493 e. The normalized spacial score (nSPS) is 10.7. The average Bonchev–Trinajstić information content (AvgIpc) is 3.11. The van der Waals surface area contributed by atoms with Crippen LogP contribution in [0.25, 0.3) is 10.8 Å². The monoisotopic (exact) mass is 633 g/mol. The van der Waals surface area contributed by atoms with Crippen LogP contribution >= 0.6 is 0 Å². The van der Waals surface area contributed by atoms with Crippen LogP contribution in [0.1, 0.15) is 29.5 Å². The Bertz CT molecular complexity index is 1830. The highest BCUT2D eigenvalue weighted by Gasteiger charge is 2.23. The first kappa shape index (κ1) is 32.8. The Morgan fingerprint density at radius 1 is 0.723 bits per heavy atom. The van der Waals surface area contributed by atoms with Crippen molar-refractivity contribution < 1.29 is 28.5 Å². The molecule has 0 heterocycles. The number of ether oxygens (including phenoxy) is 4. The quantitative estimate of drug-likeness (QED) is 0.139. The van der Waals surface area contributed by atoms with E-state index in [1.807, 2.05) is 84.9 Å². The lowest BCUT2D eigenvalue weighted by Crippen LogP contribution is -2.32. The van der Waals surface area contributed by atoms with Crippen molar-refractivity contribution in [3.8, 4) is 28.7 Å². The fourth-order valence-corrected chi connectivity index (χ4v) is 5.43.